The standard InChI is InChI=1S/C20H23N7O4S2/c1-4-27-15(8-21-17(29)12-5-6-13-14(7-12)31-10-30-13)23-26-20(27)32-9-16(28)22-19-25-24-18(33-19)11(2)3/h5-7,11H,4,8-10H2,1-3H3,(H,21,29)(H,22,25,28). The first-order valence-electron chi connectivity index (χ1n) is 10.3. The normalized spacial score (nSPS) is 12.2. The Hall–Kier alpha value is -3.19. The number of carbonyl (C=O) groups excluding carboxylic acids is 2. The summed E-state index contributed by atoms with van der Waals surface area (Å²) in [6.07, 6.45) is 0. The monoisotopic (exact) mass is 489 g/mol. The second-order valence-electron chi connectivity index (χ2n) is 7.33. The number of hydrogen-bond acceptors (Lipinski definition) is 10. The van der Waals surface area contributed by atoms with E-state index in [4.69, 9.17) is 9.47 Å². The van der Waals surface area contributed by atoms with Crippen molar-refractivity contribution < 1.29 is 19.1 Å². The third-order valence-corrected chi connectivity index (χ3v) is 6.77. The quantitative estimate of drug-likeness (QED) is 0.435. The highest BCUT2D eigenvalue weighted by atomic mass is 32.2. The summed E-state index contributed by atoms with van der Waals surface area (Å²) in [6.45, 7) is 6.94. The lowest BCUT2D eigenvalue weighted by molar-refractivity contribution is -0.113. The summed E-state index contributed by atoms with van der Waals surface area (Å²) in [5, 5.41) is 24.0. The Morgan fingerprint density at radius 2 is 2.00 bits per heavy atom. The summed E-state index contributed by atoms with van der Waals surface area (Å²) in [5.74, 6) is 1.72. The minimum Gasteiger partial charge on any atom is -0.454 e. The van der Waals surface area contributed by atoms with Crippen molar-refractivity contribution in [1.29, 1.82) is 0 Å². The lowest BCUT2D eigenvalue weighted by Crippen LogP contribution is -2.24. The van der Waals surface area contributed by atoms with Gasteiger partial charge in [-0.3, -0.25) is 14.9 Å². The Bertz CT molecular complexity index is 1160. The molecular formula is C20H23N7O4S2. The molecule has 4 rings (SSSR count). The predicted octanol–water partition coefficient (Wildman–Crippen LogP) is 2.66. The minimum atomic E-state index is -0.259. The second kappa shape index (κ2) is 10.2. The van der Waals surface area contributed by atoms with Gasteiger partial charge in [-0.15, -0.1) is 20.4 Å². The molecule has 0 bridgehead atoms. The zero-order valence-corrected chi connectivity index (χ0v) is 20.0. The molecule has 3 aromatic rings. The molecule has 0 atom stereocenters. The minimum absolute atomic E-state index is 0.151. The molecule has 13 heteroatoms. The molecule has 33 heavy (non-hydrogen) atoms. The Balaban J connectivity index is 1.31. The van der Waals surface area contributed by atoms with Crippen LogP contribution in [0.2, 0.25) is 0 Å². The van der Waals surface area contributed by atoms with Gasteiger partial charge in [-0.25, -0.2) is 0 Å². The van der Waals surface area contributed by atoms with Gasteiger partial charge in [0.2, 0.25) is 17.8 Å². The third kappa shape index (κ3) is 5.42. The number of hydrogen-bond donors (Lipinski definition) is 2. The Labute approximate surface area is 198 Å². The number of rotatable bonds is 9. The average molecular weight is 490 g/mol. The Morgan fingerprint density at radius 1 is 1.18 bits per heavy atom. The summed E-state index contributed by atoms with van der Waals surface area (Å²) < 4.78 is 12.4. The van der Waals surface area contributed by atoms with E-state index in [9.17, 15) is 9.59 Å². The molecule has 1 aliphatic rings. The van der Waals surface area contributed by atoms with Crippen molar-refractivity contribution in [3.05, 3.63) is 34.6 Å². The lowest BCUT2D eigenvalue weighted by Gasteiger charge is -2.09. The predicted molar refractivity (Wildman–Crippen MR) is 123 cm³/mol. The summed E-state index contributed by atoms with van der Waals surface area (Å²) in [7, 11) is 0. The van der Waals surface area contributed by atoms with Crippen LogP contribution in [0.15, 0.2) is 23.4 Å². The molecule has 3 heterocycles. The maximum Gasteiger partial charge on any atom is 0.251 e. The van der Waals surface area contributed by atoms with Crippen molar-refractivity contribution in [3.8, 4) is 11.5 Å². The summed E-state index contributed by atoms with van der Waals surface area (Å²) in [4.78, 5) is 24.8. The zero-order chi connectivity index (χ0) is 23.4. The molecule has 0 fully saturated rings. The Kier molecular flexibility index (Phi) is 7.08. The number of nitrogens with zero attached hydrogens (tertiary/aromatic N) is 5. The van der Waals surface area contributed by atoms with E-state index in [1.807, 2.05) is 25.3 Å². The average Bonchev–Trinajstić information content (AvgIpc) is 3.54. The third-order valence-electron chi connectivity index (χ3n) is 4.66. The van der Waals surface area contributed by atoms with Crippen molar-refractivity contribution in [1.82, 2.24) is 30.3 Å². The van der Waals surface area contributed by atoms with E-state index in [2.05, 4.69) is 31.0 Å². The molecular weight excluding hydrogens is 466 g/mol. The Morgan fingerprint density at radius 3 is 2.76 bits per heavy atom. The lowest BCUT2D eigenvalue weighted by atomic mass is 10.2. The van der Waals surface area contributed by atoms with Crippen LogP contribution in [-0.2, 0) is 17.9 Å². The largest absolute Gasteiger partial charge is 0.454 e. The van der Waals surface area contributed by atoms with Crippen LogP contribution in [0.1, 0.15) is 47.9 Å². The SMILES string of the molecule is CCn1c(CNC(=O)c2ccc3c(c2)OCO3)nnc1SCC(=O)Nc1nnc(C(C)C)s1. The van der Waals surface area contributed by atoms with Gasteiger partial charge in [0.15, 0.2) is 22.5 Å². The van der Waals surface area contributed by atoms with E-state index in [0.29, 0.717) is 39.7 Å². The van der Waals surface area contributed by atoms with Gasteiger partial charge in [0.25, 0.3) is 5.91 Å². The van der Waals surface area contributed by atoms with Crippen LogP contribution in [0.25, 0.3) is 0 Å². The highest BCUT2D eigenvalue weighted by Crippen LogP contribution is 2.32. The molecule has 0 aliphatic carbocycles. The van der Waals surface area contributed by atoms with Crippen molar-refractivity contribution in [3.63, 3.8) is 0 Å². The topological polar surface area (TPSA) is 133 Å². The van der Waals surface area contributed by atoms with Gasteiger partial charge in [0, 0.05) is 18.0 Å². The first-order chi connectivity index (χ1) is 15.9. The molecule has 11 nitrogen and oxygen atoms in total. The number of amides is 2. The van der Waals surface area contributed by atoms with Crippen LogP contribution in [0, 0.1) is 0 Å². The number of ether oxygens (including phenoxy) is 2. The van der Waals surface area contributed by atoms with Gasteiger partial charge in [-0.2, -0.15) is 0 Å². The van der Waals surface area contributed by atoms with Crippen molar-refractivity contribution >= 4 is 40.0 Å². The molecule has 0 saturated heterocycles. The molecule has 0 spiro atoms. The second-order valence-corrected chi connectivity index (χ2v) is 9.28. The summed E-state index contributed by atoms with van der Waals surface area (Å²) >= 11 is 2.63. The van der Waals surface area contributed by atoms with Crippen LogP contribution >= 0.6 is 23.1 Å². The first kappa shape index (κ1) is 23.0. The van der Waals surface area contributed by atoms with E-state index in [-0.39, 0.29) is 36.8 Å². The number of anilines is 1. The zero-order valence-electron chi connectivity index (χ0n) is 18.3. The van der Waals surface area contributed by atoms with Crippen molar-refractivity contribution in [2.24, 2.45) is 0 Å². The van der Waals surface area contributed by atoms with Crippen LogP contribution < -0.4 is 20.1 Å². The van der Waals surface area contributed by atoms with Gasteiger partial charge < -0.3 is 19.4 Å². The highest BCUT2D eigenvalue weighted by molar-refractivity contribution is 7.99. The van der Waals surface area contributed by atoms with Gasteiger partial charge in [0.05, 0.1) is 12.3 Å². The number of fused-ring (bicyclic) bond motifs is 1. The van der Waals surface area contributed by atoms with E-state index in [1.54, 1.807) is 18.2 Å². The fraction of sp³-hybridized carbons (Fsp3) is 0.400. The van der Waals surface area contributed by atoms with E-state index in [1.165, 1.54) is 23.1 Å². The molecule has 174 valence electrons. The highest BCUT2D eigenvalue weighted by Gasteiger charge is 2.18. The van der Waals surface area contributed by atoms with E-state index in [0.717, 1.165) is 5.01 Å². The van der Waals surface area contributed by atoms with E-state index >= 15 is 0 Å². The maximum absolute atomic E-state index is 12.5. The first-order valence-corrected chi connectivity index (χ1v) is 12.1. The molecule has 2 aromatic heterocycles. The smallest absolute Gasteiger partial charge is 0.251 e. The molecule has 1 aliphatic heterocycles. The molecule has 2 amide bonds. The number of nitrogens with one attached hydrogen (secondary N) is 2. The number of carbonyl (C=O) groups is 2. The maximum atomic E-state index is 12.5. The molecule has 0 saturated carbocycles. The van der Waals surface area contributed by atoms with Gasteiger partial charge in [0.1, 0.15) is 5.01 Å². The van der Waals surface area contributed by atoms with Crippen LogP contribution in [-0.4, -0.2) is 49.3 Å². The van der Waals surface area contributed by atoms with Gasteiger partial charge in [-0.1, -0.05) is 36.9 Å². The molecule has 1 aromatic carbocycles. The van der Waals surface area contributed by atoms with Gasteiger partial charge in [-0.05, 0) is 25.1 Å². The fourth-order valence-electron chi connectivity index (χ4n) is 2.98. The number of benzene rings is 1. The van der Waals surface area contributed by atoms with E-state index < -0.39 is 0 Å². The number of aromatic nitrogens is 5. The van der Waals surface area contributed by atoms with Gasteiger partial charge >= 0.3 is 0 Å². The van der Waals surface area contributed by atoms with Crippen molar-refractivity contribution in [2.45, 2.75) is 44.9 Å². The van der Waals surface area contributed by atoms with Crippen molar-refractivity contribution in [2.75, 3.05) is 17.9 Å². The van der Waals surface area contributed by atoms with Crippen LogP contribution in [0.4, 0.5) is 5.13 Å². The van der Waals surface area contributed by atoms with Crippen LogP contribution in [0.5, 0.6) is 11.5 Å². The fourth-order valence-corrected chi connectivity index (χ4v) is 4.56. The molecule has 2 N–H and O–H groups in total. The molecule has 0 radical (unpaired) electrons. The molecule has 0 unspecified atom stereocenters. The van der Waals surface area contributed by atoms with Crippen LogP contribution in [0.3, 0.4) is 0 Å². The number of thioether (sulfide) groups is 1. The summed E-state index contributed by atoms with van der Waals surface area (Å²) in [6, 6.07) is 5.02. The summed E-state index contributed by atoms with van der Waals surface area (Å²) in [5.41, 5.74) is 0.463.